The van der Waals surface area contributed by atoms with Crippen molar-refractivity contribution in [1.82, 2.24) is 5.32 Å². The molecule has 124 valence electrons. The maximum Gasteiger partial charge on any atom is 0.240 e. The number of amides is 2. The van der Waals surface area contributed by atoms with Gasteiger partial charge in [0, 0.05) is 25.2 Å². The normalized spacial score (nSPS) is 18.7. The Morgan fingerprint density at radius 2 is 1.96 bits per heavy atom. The van der Waals surface area contributed by atoms with Crippen molar-refractivity contribution in [2.75, 3.05) is 18.0 Å². The van der Waals surface area contributed by atoms with Gasteiger partial charge in [-0.3, -0.25) is 9.59 Å². The van der Waals surface area contributed by atoms with E-state index in [1.807, 2.05) is 23.1 Å². The van der Waals surface area contributed by atoms with Crippen LogP contribution in [0.1, 0.15) is 44.1 Å². The highest BCUT2D eigenvalue weighted by Crippen LogP contribution is 2.28. The molecule has 1 aromatic rings. The van der Waals surface area contributed by atoms with Crippen LogP contribution in [0.3, 0.4) is 0 Å². The van der Waals surface area contributed by atoms with E-state index in [2.05, 4.69) is 11.4 Å². The van der Waals surface area contributed by atoms with Gasteiger partial charge in [-0.2, -0.15) is 0 Å². The zero-order chi connectivity index (χ0) is 16.3. The molecule has 1 fully saturated rings. The van der Waals surface area contributed by atoms with Crippen molar-refractivity contribution in [3.63, 3.8) is 0 Å². The Labute approximate surface area is 137 Å². The molecule has 1 aliphatic carbocycles. The van der Waals surface area contributed by atoms with Gasteiger partial charge in [-0.15, -0.1) is 0 Å². The zero-order valence-electron chi connectivity index (χ0n) is 13.5. The van der Waals surface area contributed by atoms with E-state index in [1.54, 1.807) is 0 Å². The first-order chi connectivity index (χ1) is 11.1. The molecule has 23 heavy (non-hydrogen) atoms. The molecule has 0 spiro atoms. The lowest BCUT2D eigenvalue weighted by molar-refractivity contribution is -0.126. The average molecular weight is 315 g/mol. The summed E-state index contributed by atoms with van der Waals surface area (Å²) in [6.45, 7) is 1.27. The van der Waals surface area contributed by atoms with E-state index < -0.39 is 5.54 Å². The van der Waals surface area contributed by atoms with Gasteiger partial charge in [-0.25, -0.2) is 0 Å². The number of anilines is 1. The van der Waals surface area contributed by atoms with Crippen molar-refractivity contribution in [2.45, 2.75) is 50.5 Å². The first-order valence-corrected chi connectivity index (χ1v) is 8.56. The number of nitrogens with zero attached hydrogens (tertiary/aromatic N) is 1. The second kappa shape index (κ2) is 6.71. The lowest BCUT2D eigenvalue weighted by Gasteiger charge is -2.22. The molecule has 0 saturated heterocycles. The Morgan fingerprint density at radius 1 is 1.22 bits per heavy atom. The number of nitrogens with two attached hydrogens (primary N) is 1. The van der Waals surface area contributed by atoms with Gasteiger partial charge in [0.2, 0.25) is 11.8 Å². The maximum absolute atomic E-state index is 12.4. The zero-order valence-corrected chi connectivity index (χ0v) is 13.5. The SMILES string of the molecule is NC1(C(=O)NCCCC(=O)N2CCc3ccccc32)CCCC1. The summed E-state index contributed by atoms with van der Waals surface area (Å²) in [5.41, 5.74) is 7.70. The second-order valence-corrected chi connectivity index (χ2v) is 6.65. The van der Waals surface area contributed by atoms with E-state index >= 15 is 0 Å². The summed E-state index contributed by atoms with van der Waals surface area (Å²) in [4.78, 5) is 26.3. The second-order valence-electron chi connectivity index (χ2n) is 6.65. The van der Waals surface area contributed by atoms with Crippen LogP contribution >= 0.6 is 0 Å². The Hall–Kier alpha value is -1.88. The average Bonchev–Trinajstić information content (AvgIpc) is 3.18. The number of benzene rings is 1. The highest BCUT2D eigenvalue weighted by Gasteiger charge is 2.36. The molecule has 0 bridgehead atoms. The van der Waals surface area contributed by atoms with Crippen molar-refractivity contribution in [2.24, 2.45) is 5.73 Å². The van der Waals surface area contributed by atoms with Gasteiger partial charge in [-0.1, -0.05) is 31.0 Å². The smallest absolute Gasteiger partial charge is 0.240 e. The largest absolute Gasteiger partial charge is 0.354 e. The van der Waals surface area contributed by atoms with Crippen molar-refractivity contribution < 1.29 is 9.59 Å². The van der Waals surface area contributed by atoms with Crippen LogP contribution in [-0.4, -0.2) is 30.4 Å². The van der Waals surface area contributed by atoms with Gasteiger partial charge in [0.25, 0.3) is 0 Å². The van der Waals surface area contributed by atoms with Crippen LogP contribution in [0, 0.1) is 0 Å². The van der Waals surface area contributed by atoms with Crippen molar-refractivity contribution in [3.05, 3.63) is 29.8 Å². The minimum Gasteiger partial charge on any atom is -0.354 e. The third kappa shape index (κ3) is 3.39. The molecule has 3 N–H and O–H groups in total. The summed E-state index contributed by atoms with van der Waals surface area (Å²) in [7, 11) is 0. The van der Waals surface area contributed by atoms with Crippen LogP contribution in [0.15, 0.2) is 24.3 Å². The van der Waals surface area contributed by atoms with Crippen LogP contribution in [0.25, 0.3) is 0 Å². The number of hydrogen-bond acceptors (Lipinski definition) is 3. The van der Waals surface area contributed by atoms with Gasteiger partial charge >= 0.3 is 0 Å². The standard InChI is InChI=1S/C18H25N3O2/c19-18(10-3-4-11-18)17(23)20-12-5-8-16(22)21-13-9-14-6-1-2-7-15(14)21/h1-2,6-7H,3-5,8-13,19H2,(H,20,23). The molecule has 1 saturated carbocycles. The van der Waals surface area contributed by atoms with E-state index in [1.165, 1.54) is 5.56 Å². The highest BCUT2D eigenvalue weighted by molar-refractivity contribution is 5.95. The molecule has 2 aliphatic rings. The molecule has 0 unspecified atom stereocenters. The molecule has 2 amide bonds. The fourth-order valence-electron chi connectivity index (χ4n) is 3.58. The predicted octanol–water partition coefficient (Wildman–Crippen LogP) is 1.74. The fourth-order valence-corrected chi connectivity index (χ4v) is 3.58. The quantitative estimate of drug-likeness (QED) is 0.813. The third-order valence-electron chi connectivity index (χ3n) is 4.99. The van der Waals surface area contributed by atoms with Crippen molar-refractivity contribution in [1.29, 1.82) is 0 Å². The monoisotopic (exact) mass is 315 g/mol. The molecule has 1 aromatic carbocycles. The minimum atomic E-state index is -0.683. The Kier molecular flexibility index (Phi) is 4.66. The highest BCUT2D eigenvalue weighted by atomic mass is 16.2. The predicted molar refractivity (Wildman–Crippen MR) is 90.1 cm³/mol. The van der Waals surface area contributed by atoms with Crippen molar-refractivity contribution in [3.8, 4) is 0 Å². The number of carbonyl (C=O) groups excluding carboxylic acids is 2. The Morgan fingerprint density at radius 3 is 2.74 bits per heavy atom. The van der Waals surface area contributed by atoms with E-state index in [-0.39, 0.29) is 11.8 Å². The molecule has 3 rings (SSSR count). The molecule has 0 aromatic heterocycles. The van der Waals surface area contributed by atoms with Gasteiger partial charge in [0.1, 0.15) is 0 Å². The van der Waals surface area contributed by atoms with E-state index in [9.17, 15) is 9.59 Å². The number of hydrogen-bond donors (Lipinski definition) is 2. The van der Waals surface area contributed by atoms with E-state index in [0.29, 0.717) is 19.4 Å². The lowest BCUT2D eigenvalue weighted by Crippen LogP contribution is -2.52. The Bertz CT molecular complexity index is 594. The molecule has 5 nitrogen and oxygen atoms in total. The summed E-state index contributed by atoms with van der Waals surface area (Å²) in [5.74, 6) is 0.0708. The minimum absolute atomic E-state index is 0.0611. The number of rotatable bonds is 5. The van der Waals surface area contributed by atoms with Crippen LogP contribution in [-0.2, 0) is 16.0 Å². The van der Waals surface area contributed by atoms with Crippen LogP contribution < -0.4 is 16.0 Å². The topological polar surface area (TPSA) is 75.4 Å². The van der Waals surface area contributed by atoms with Gasteiger partial charge < -0.3 is 16.0 Å². The number of nitrogens with one attached hydrogen (secondary N) is 1. The van der Waals surface area contributed by atoms with Crippen molar-refractivity contribution >= 4 is 17.5 Å². The van der Waals surface area contributed by atoms with Crippen LogP contribution in [0.4, 0.5) is 5.69 Å². The summed E-state index contributed by atoms with van der Waals surface area (Å²) in [6.07, 6.45) is 5.61. The van der Waals surface area contributed by atoms with Gasteiger partial charge in [0.15, 0.2) is 0 Å². The molecular weight excluding hydrogens is 290 g/mol. The van der Waals surface area contributed by atoms with E-state index in [4.69, 9.17) is 5.73 Å². The molecule has 5 heteroatoms. The van der Waals surface area contributed by atoms with Crippen LogP contribution in [0.5, 0.6) is 0 Å². The summed E-state index contributed by atoms with van der Waals surface area (Å²) in [6, 6.07) is 8.05. The molecule has 0 radical (unpaired) electrons. The molecule has 1 aliphatic heterocycles. The summed E-state index contributed by atoms with van der Waals surface area (Å²) < 4.78 is 0. The fraction of sp³-hybridized carbons (Fsp3) is 0.556. The molecule has 1 heterocycles. The summed E-state index contributed by atoms with van der Waals surface area (Å²) >= 11 is 0. The number of para-hydroxylation sites is 1. The molecule has 0 atom stereocenters. The van der Waals surface area contributed by atoms with Crippen LogP contribution in [0.2, 0.25) is 0 Å². The number of carbonyl (C=O) groups is 2. The first kappa shape index (κ1) is 16.0. The Balaban J connectivity index is 1.43. The van der Waals surface area contributed by atoms with Gasteiger partial charge in [0.05, 0.1) is 5.54 Å². The number of fused-ring (bicyclic) bond motifs is 1. The molecular formula is C18H25N3O2. The first-order valence-electron chi connectivity index (χ1n) is 8.56. The van der Waals surface area contributed by atoms with E-state index in [0.717, 1.165) is 44.3 Å². The third-order valence-corrected chi connectivity index (χ3v) is 4.99. The maximum atomic E-state index is 12.4. The summed E-state index contributed by atoms with van der Waals surface area (Å²) in [5, 5.41) is 2.90. The lowest BCUT2D eigenvalue weighted by atomic mass is 9.98. The van der Waals surface area contributed by atoms with Gasteiger partial charge in [-0.05, 0) is 37.3 Å².